The van der Waals surface area contributed by atoms with Crippen molar-refractivity contribution in [1.82, 2.24) is 0 Å². The summed E-state index contributed by atoms with van der Waals surface area (Å²) < 4.78 is 4.88. The fourth-order valence-corrected chi connectivity index (χ4v) is 1.26. The van der Waals surface area contributed by atoms with Gasteiger partial charge in [-0.25, -0.2) is 0 Å². The highest BCUT2D eigenvalue weighted by molar-refractivity contribution is 7.09. The van der Waals surface area contributed by atoms with E-state index in [1.54, 1.807) is 13.0 Å². The lowest BCUT2D eigenvalue weighted by atomic mass is 10.1. The van der Waals surface area contributed by atoms with Crippen LogP contribution in [-0.2, 0) is 11.1 Å². The highest BCUT2D eigenvalue weighted by Crippen LogP contribution is 2.11. The topological polar surface area (TPSA) is 26.3 Å². The zero-order valence-corrected chi connectivity index (χ0v) is 10.1. The van der Waals surface area contributed by atoms with Gasteiger partial charge in [0.1, 0.15) is 0 Å². The first-order valence-electron chi connectivity index (χ1n) is 4.66. The lowest BCUT2D eigenvalue weighted by Crippen LogP contribution is -1.98. The zero-order valence-electron chi connectivity index (χ0n) is 8.91. The second-order valence-corrected chi connectivity index (χ2v) is 2.86. The zero-order chi connectivity index (χ0) is 11.0. The minimum absolute atomic E-state index is 0.0765. The number of Topliss-reactive ketones (excluding diaryl/α,β-unsaturated/α-hetero) is 1. The molecular formula is C11H17O2P. The van der Waals surface area contributed by atoms with Crippen LogP contribution in [0.2, 0.25) is 0 Å². The molecule has 0 fully saturated rings. The fraction of sp³-hybridized carbons (Fsp3) is 0.364. The molecule has 0 N–H and O–H groups in total. The summed E-state index contributed by atoms with van der Waals surface area (Å²) in [5.74, 6) is 0.0765. The van der Waals surface area contributed by atoms with Gasteiger partial charge in [0.15, 0.2) is 5.78 Å². The van der Waals surface area contributed by atoms with Crippen molar-refractivity contribution in [3.63, 3.8) is 0 Å². The van der Waals surface area contributed by atoms with Gasteiger partial charge in [-0.05, 0) is 12.5 Å². The normalized spacial score (nSPS) is 8.86. The molecule has 78 valence electrons. The Kier molecular flexibility index (Phi) is 7.27. The molecule has 0 heterocycles. The Balaban J connectivity index is 0.000000791. The average Bonchev–Trinajstić information content (AvgIpc) is 2.22. The SMILES string of the molecule is CC.CC(=O)c1ccccc1COP. The van der Waals surface area contributed by atoms with Crippen molar-refractivity contribution in [2.75, 3.05) is 0 Å². The molecule has 0 aliphatic carbocycles. The van der Waals surface area contributed by atoms with Gasteiger partial charge in [0.25, 0.3) is 0 Å². The maximum absolute atomic E-state index is 11.1. The number of carbonyl (C=O) groups is 1. The molecule has 0 aromatic heterocycles. The quantitative estimate of drug-likeness (QED) is 0.568. The molecule has 3 heteroatoms. The van der Waals surface area contributed by atoms with E-state index in [0.29, 0.717) is 6.61 Å². The van der Waals surface area contributed by atoms with Crippen LogP contribution in [0.5, 0.6) is 0 Å². The summed E-state index contributed by atoms with van der Waals surface area (Å²) in [4.78, 5) is 11.1. The second-order valence-electron chi connectivity index (χ2n) is 2.52. The smallest absolute Gasteiger partial charge is 0.160 e. The number of hydrogen-bond acceptors (Lipinski definition) is 2. The molecule has 0 spiro atoms. The Morgan fingerprint density at radius 2 is 1.93 bits per heavy atom. The number of ketones is 1. The number of carbonyl (C=O) groups excluding carboxylic acids is 1. The molecule has 0 radical (unpaired) electrons. The molecule has 2 nitrogen and oxygen atoms in total. The van der Waals surface area contributed by atoms with Gasteiger partial charge in [0.2, 0.25) is 0 Å². The molecule has 1 aromatic rings. The molecule has 1 atom stereocenters. The van der Waals surface area contributed by atoms with Crippen molar-refractivity contribution in [2.45, 2.75) is 27.4 Å². The maximum atomic E-state index is 11.1. The van der Waals surface area contributed by atoms with E-state index in [4.69, 9.17) is 4.52 Å². The van der Waals surface area contributed by atoms with Gasteiger partial charge in [0.05, 0.1) is 6.61 Å². The fourth-order valence-electron chi connectivity index (χ4n) is 1.08. The maximum Gasteiger partial charge on any atom is 0.160 e. The molecular weight excluding hydrogens is 195 g/mol. The summed E-state index contributed by atoms with van der Waals surface area (Å²) in [6.07, 6.45) is 0. The van der Waals surface area contributed by atoms with Crippen LogP contribution in [0.1, 0.15) is 36.7 Å². The monoisotopic (exact) mass is 212 g/mol. The molecule has 0 aliphatic heterocycles. The van der Waals surface area contributed by atoms with Gasteiger partial charge in [0, 0.05) is 15.0 Å². The van der Waals surface area contributed by atoms with Crippen LogP contribution in [0, 0.1) is 0 Å². The number of benzene rings is 1. The van der Waals surface area contributed by atoms with Gasteiger partial charge < -0.3 is 4.52 Å². The highest BCUT2D eigenvalue weighted by atomic mass is 31.0. The molecule has 14 heavy (non-hydrogen) atoms. The molecule has 1 unspecified atom stereocenters. The van der Waals surface area contributed by atoms with Gasteiger partial charge >= 0.3 is 0 Å². The molecule has 0 bridgehead atoms. The summed E-state index contributed by atoms with van der Waals surface area (Å²) in [7, 11) is 2.17. The highest BCUT2D eigenvalue weighted by Gasteiger charge is 2.04. The van der Waals surface area contributed by atoms with Gasteiger partial charge in [-0.1, -0.05) is 38.1 Å². The summed E-state index contributed by atoms with van der Waals surface area (Å²) in [5.41, 5.74) is 1.67. The Labute approximate surface area is 88.0 Å². The Hall–Kier alpha value is -0.720. The average molecular weight is 212 g/mol. The van der Waals surface area contributed by atoms with Crippen molar-refractivity contribution in [1.29, 1.82) is 0 Å². The third kappa shape index (κ3) is 3.99. The van der Waals surface area contributed by atoms with E-state index in [9.17, 15) is 4.79 Å². The van der Waals surface area contributed by atoms with Crippen molar-refractivity contribution in [2.24, 2.45) is 0 Å². The molecule has 1 aromatic carbocycles. The van der Waals surface area contributed by atoms with Crippen LogP contribution in [-0.4, -0.2) is 5.78 Å². The predicted octanol–water partition coefficient (Wildman–Crippen LogP) is 3.22. The van der Waals surface area contributed by atoms with E-state index in [0.717, 1.165) is 11.1 Å². The lowest BCUT2D eigenvalue weighted by Gasteiger charge is -2.03. The standard InChI is InChI=1S/C9H11O2P.C2H6/c1-7(10)9-5-3-2-4-8(9)6-11-12;1-2/h2-5H,6,12H2,1H3;1-2H3. The van der Waals surface area contributed by atoms with Crippen LogP contribution >= 0.6 is 9.47 Å². The van der Waals surface area contributed by atoms with E-state index in [1.807, 2.05) is 32.0 Å². The third-order valence-electron chi connectivity index (χ3n) is 1.64. The van der Waals surface area contributed by atoms with Crippen LogP contribution in [0.15, 0.2) is 24.3 Å². The molecule has 0 aliphatic rings. The van der Waals surface area contributed by atoms with Crippen LogP contribution in [0.3, 0.4) is 0 Å². The van der Waals surface area contributed by atoms with Crippen molar-refractivity contribution in [3.05, 3.63) is 35.4 Å². The van der Waals surface area contributed by atoms with E-state index >= 15 is 0 Å². The molecule has 1 rings (SSSR count). The molecule has 0 saturated carbocycles. The molecule has 0 amide bonds. The second kappa shape index (κ2) is 7.66. The van der Waals surface area contributed by atoms with Crippen LogP contribution < -0.4 is 0 Å². The van der Waals surface area contributed by atoms with Gasteiger partial charge in [-0.3, -0.25) is 4.79 Å². The first-order valence-corrected chi connectivity index (χ1v) is 5.13. The number of rotatable bonds is 3. The summed E-state index contributed by atoms with van der Waals surface area (Å²) in [6, 6.07) is 7.44. The number of hydrogen-bond donors (Lipinski definition) is 0. The largest absolute Gasteiger partial charge is 0.361 e. The Morgan fingerprint density at radius 1 is 1.36 bits per heavy atom. The van der Waals surface area contributed by atoms with Crippen molar-refractivity contribution in [3.8, 4) is 0 Å². The van der Waals surface area contributed by atoms with E-state index in [1.165, 1.54) is 0 Å². The van der Waals surface area contributed by atoms with Crippen LogP contribution in [0.25, 0.3) is 0 Å². The van der Waals surface area contributed by atoms with E-state index in [-0.39, 0.29) is 5.78 Å². The lowest BCUT2D eigenvalue weighted by molar-refractivity contribution is 0.101. The van der Waals surface area contributed by atoms with Crippen molar-refractivity contribution < 1.29 is 9.32 Å². The Morgan fingerprint density at radius 3 is 2.43 bits per heavy atom. The summed E-state index contributed by atoms with van der Waals surface area (Å²) in [5, 5.41) is 0. The predicted molar refractivity (Wildman–Crippen MR) is 62.3 cm³/mol. The summed E-state index contributed by atoms with van der Waals surface area (Å²) >= 11 is 0. The van der Waals surface area contributed by atoms with E-state index in [2.05, 4.69) is 9.47 Å². The van der Waals surface area contributed by atoms with Gasteiger partial charge in [-0.15, -0.1) is 0 Å². The minimum atomic E-state index is 0.0765. The summed E-state index contributed by atoms with van der Waals surface area (Å²) in [6.45, 7) is 6.02. The van der Waals surface area contributed by atoms with Gasteiger partial charge in [-0.2, -0.15) is 0 Å². The first-order chi connectivity index (χ1) is 6.75. The van der Waals surface area contributed by atoms with Crippen molar-refractivity contribution >= 4 is 15.2 Å². The Bertz CT molecular complexity index is 284. The minimum Gasteiger partial charge on any atom is -0.361 e. The van der Waals surface area contributed by atoms with Crippen LogP contribution in [0.4, 0.5) is 0 Å². The molecule has 0 saturated heterocycles. The third-order valence-corrected chi connectivity index (χ3v) is 1.80. The van der Waals surface area contributed by atoms with E-state index < -0.39 is 0 Å². The first kappa shape index (κ1) is 13.3.